The number of piperidine rings is 1. The maximum absolute atomic E-state index is 11.5. The molecule has 0 bridgehead atoms. The second kappa shape index (κ2) is 8.91. The normalized spacial score (nSPS) is 27.3. The van der Waals surface area contributed by atoms with E-state index in [1.54, 1.807) is 0 Å². The quantitative estimate of drug-likeness (QED) is 0.593. The molecule has 150 valence electrons. The molecule has 2 heterocycles. The summed E-state index contributed by atoms with van der Waals surface area (Å²) in [5.74, 6) is 1.63. The van der Waals surface area contributed by atoms with Crippen molar-refractivity contribution in [3.63, 3.8) is 0 Å². The molecule has 3 fully saturated rings. The Morgan fingerprint density at radius 2 is 1.65 bits per heavy atom. The second-order valence-corrected chi connectivity index (χ2v) is 10.7. The van der Waals surface area contributed by atoms with E-state index in [-0.39, 0.29) is 0 Å². The fourth-order valence-electron chi connectivity index (χ4n) is 4.91. The summed E-state index contributed by atoms with van der Waals surface area (Å²) >= 11 is 0. The van der Waals surface area contributed by atoms with Crippen molar-refractivity contribution < 1.29 is 8.42 Å². The smallest absolute Gasteiger partial charge is 0.193 e. The summed E-state index contributed by atoms with van der Waals surface area (Å²) in [6, 6.07) is 0. The van der Waals surface area contributed by atoms with E-state index in [2.05, 4.69) is 20.1 Å². The van der Waals surface area contributed by atoms with E-state index in [0.717, 1.165) is 32.1 Å². The number of hydrogen-bond acceptors (Lipinski definition) is 4. The summed E-state index contributed by atoms with van der Waals surface area (Å²) in [7, 11) is -0.913. The molecule has 26 heavy (non-hydrogen) atoms. The molecule has 0 aromatic heterocycles. The van der Waals surface area contributed by atoms with E-state index in [1.165, 1.54) is 51.4 Å². The van der Waals surface area contributed by atoms with Crippen molar-refractivity contribution in [1.82, 2.24) is 15.1 Å². The van der Waals surface area contributed by atoms with Gasteiger partial charge in [0.1, 0.15) is 0 Å². The highest BCUT2D eigenvalue weighted by molar-refractivity contribution is 7.91. The van der Waals surface area contributed by atoms with Gasteiger partial charge in [-0.3, -0.25) is 9.89 Å². The van der Waals surface area contributed by atoms with Crippen LogP contribution in [0, 0.1) is 5.41 Å². The van der Waals surface area contributed by atoms with Crippen molar-refractivity contribution in [3.05, 3.63) is 0 Å². The van der Waals surface area contributed by atoms with Crippen molar-refractivity contribution in [2.75, 3.05) is 57.8 Å². The van der Waals surface area contributed by atoms with Gasteiger partial charge in [-0.15, -0.1) is 0 Å². The number of aliphatic imine (C=N–C) groups is 1. The fourth-order valence-corrected chi connectivity index (χ4v) is 6.18. The van der Waals surface area contributed by atoms with Gasteiger partial charge in [0.2, 0.25) is 0 Å². The van der Waals surface area contributed by atoms with Crippen LogP contribution in [0.3, 0.4) is 0 Å². The van der Waals surface area contributed by atoms with E-state index >= 15 is 0 Å². The second-order valence-electron chi connectivity index (χ2n) is 8.41. The van der Waals surface area contributed by atoms with Crippen LogP contribution < -0.4 is 5.32 Å². The van der Waals surface area contributed by atoms with E-state index in [0.29, 0.717) is 30.0 Å². The molecule has 3 rings (SSSR count). The van der Waals surface area contributed by atoms with Gasteiger partial charge in [0, 0.05) is 46.3 Å². The van der Waals surface area contributed by atoms with Gasteiger partial charge in [-0.1, -0.05) is 25.7 Å². The Morgan fingerprint density at radius 3 is 2.31 bits per heavy atom. The molecule has 2 saturated heterocycles. The van der Waals surface area contributed by atoms with Crippen molar-refractivity contribution in [2.24, 2.45) is 10.4 Å². The van der Waals surface area contributed by atoms with Crippen LogP contribution in [-0.4, -0.2) is 82.0 Å². The third-order valence-electron chi connectivity index (χ3n) is 6.49. The lowest BCUT2D eigenvalue weighted by atomic mass is 9.74. The van der Waals surface area contributed by atoms with Gasteiger partial charge in [-0.05, 0) is 31.1 Å². The Morgan fingerprint density at radius 1 is 1.00 bits per heavy atom. The zero-order valence-corrected chi connectivity index (χ0v) is 17.2. The molecule has 0 aromatic carbocycles. The topological polar surface area (TPSA) is 65.0 Å². The summed E-state index contributed by atoms with van der Waals surface area (Å²) in [4.78, 5) is 9.24. The molecular weight excluding hydrogens is 348 g/mol. The van der Waals surface area contributed by atoms with E-state index in [4.69, 9.17) is 0 Å². The van der Waals surface area contributed by atoms with Crippen LogP contribution >= 0.6 is 0 Å². The summed E-state index contributed by atoms with van der Waals surface area (Å²) < 4.78 is 23.1. The van der Waals surface area contributed by atoms with Gasteiger partial charge >= 0.3 is 0 Å². The number of rotatable bonds is 3. The average molecular weight is 385 g/mol. The van der Waals surface area contributed by atoms with Crippen LogP contribution in [0.25, 0.3) is 0 Å². The van der Waals surface area contributed by atoms with E-state index in [1.807, 2.05) is 7.05 Å². The van der Waals surface area contributed by atoms with Crippen molar-refractivity contribution in [3.8, 4) is 0 Å². The number of sulfone groups is 1. The zero-order chi connectivity index (χ0) is 18.5. The summed E-state index contributed by atoms with van der Waals surface area (Å²) in [6.07, 6.45) is 11.0. The lowest BCUT2D eigenvalue weighted by Crippen LogP contribution is -2.52. The fraction of sp³-hybridized carbons (Fsp3) is 0.947. The SMILES string of the molecule is CN=C(NCCN1CCS(=O)(=O)CC1)N1CCCC2(CCCCCC2)C1. The van der Waals surface area contributed by atoms with Gasteiger partial charge in [0.15, 0.2) is 15.8 Å². The molecule has 0 unspecified atom stereocenters. The number of nitrogens with one attached hydrogen (secondary N) is 1. The summed E-state index contributed by atoms with van der Waals surface area (Å²) in [5.41, 5.74) is 0.508. The Labute approximate surface area is 159 Å². The van der Waals surface area contributed by atoms with Crippen molar-refractivity contribution in [1.29, 1.82) is 0 Å². The zero-order valence-electron chi connectivity index (χ0n) is 16.4. The lowest BCUT2D eigenvalue weighted by molar-refractivity contribution is 0.115. The Balaban J connectivity index is 1.47. The first-order valence-electron chi connectivity index (χ1n) is 10.4. The maximum atomic E-state index is 11.5. The molecule has 0 aromatic rings. The van der Waals surface area contributed by atoms with E-state index in [9.17, 15) is 8.42 Å². The standard InChI is InChI=1S/C19H36N4O2S/c1-20-18(21-10-12-22-13-15-26(24,25)16-14-22)23-11-6-9-19(17-23)7-4-2-3-5-8-19/h2-17H2,1H3,(H,20,21). The number of guanidine groups is 1. The summed E-state index contributed by atoms with van der Waals surface area (Å²) in [5, 5.41) is 3.53. The molecule has 2 aliphatic heterocycles. The third kappa shape index (κ3) is 5.35. The van der Waals surface area contributed by atoms with Crippen LogP contribution in [0.4, 0.5) is 0 Å². The van der Waals surface area contributed by atoms with Gasteiger partial charge in [0.25, 0.3) is 0 Å². The molecule has 3 aliphatic rings. The largest absolute Gasteiger partial charge is 0.355 e. The van der Waals surface area contributed by atoms with Gasteiger partial charge in [-0.25, -0.2) is 8.42 Å². The minimum absolute atomic E-state index is 0.302. The number of nitrogens with zero attached hydrogens (tertiary/aromatic N) is 3. The maximum Gasteiger partial charge on any atom is 0.193 e. The van der Waals surface area contributed by atoms with Gasteiger partial charge in [0.05, 0.1) is 11.5 Å². The van der Waals surface area contributed by atoms with Crippen molar-refractivity contribution in [2.45, 2.75) is 51.4 Å². The highest BCUT2D eigenvalue weighted by atomic mass is 32.2. The minimum Gasteiger partial charge on any atom is -0.355 e. The molecule has 7 heteroatoms. The molecule has 1 N–H and O–H groups in total. The monoisotopic (exact) mass is 384 g/mol. The van der Waals surface area contributed by atoms with Crippen molar-refractivity contribution >= 4 is 15.8 Å². The lowest BCUT2D eigenvalue weighted by Gasteiger charge is -2.44. The Bertz CT molecular complexity index is 568. The van der Waals surface area contributed by atoms with E-state index < -0.39 is 9.84 Å². The van der Waals surface area contributed by atoms with Crippen LogP contribution in [0.5, 0.6) is 0 Å². The molecule has 1 spiro atoms. The molecular formula is C19H36N4O2S. The highest BCUT2D eigenvalue weighted by Gasteiger charge is 2.36. The Kier molecular flexibility index (Phi) is 6.83. The van der Waals surface area contributed by atoms with Crippen LogP contribution in [-0.2, 0) is 9.84 Å². The molecule has 0 radical (unpaired) electrons. The van der Waals surface area contributed by atoms with Gasteiger partial charge < -0.3 is 10.2 Å². The van der Waals surface area contributed by atoms with Crippen LogP contribution in [0.15, 0.2) is 4.99 Å². The van der Waals surface area contributed by atoms with Crippen LogP contribution in [0.2, 0.25) is 0 Å². The minimum atomic E-state index is -2.79. The molecule has 1 aliphatic carbocycles. The first-order valence-corrected chi connectivity index (χ1v) is 12.2. The molecule has 0 atom stereocenters. The number of likely N-dealkylation sites (tertiary alicyclic amines) is 1. The third-order valence-corrected chi connectivity index (χ3v) is 8.09. The summed E-state index contributed by atoms with van der Waals surface area (Å²) in [6.45, 7) is 5.28. The predicted molar refractivity (Wildman–Crippen MR) is 107 cm³/mol. The average Bonchev–Trinajstić information content (AvgIpc) is 2.85. The molecule has 6 nitrogen and oxygen atoms in total. The van der Waals surface area contributed by atoms with Gasteiger partial charge in [-0.2, -0.15) is 0 Å². The molecule has 0 amide bonds. The predicted octanol–water partition coefficient (Wildman–Crippen LogP) is 1.73. The first-order chi connectivity index (χ1) is 12.5. The van der Waals surface area contributed by atoms with Crippen LogP contribution in [0.1, 0.15) is 51.4 Å². The highest BCUT2D eigenvalue weighted by Crippen LogP contribution is 2.42. The Hall–Kier alpha value is -0.820. The number of hydrogen-bond donors (Lipinski definition) is 1. The first kappa shape index (κ1) is 19.9. The molecule has 1 saturated carbocycles.